The topological polar surface area (TPSA) is 26.3 Å². The van der Waals surface area contributed by atoms with E-state index in [0.29, 0.717) is 0 Å². The lowest BCUT2D eigenvalue weighted by Crippen LogP contribution is -1.81. The standard InChI is InChI=1S/C7H4I2O2S/c8-5-1-3-6(4-2-5)12-11-7(9)10/h1-4H. The average Bonchev–Trinajstić information content (AvgIpc) is 2.03. The van der Waals surface area contributed by atoms with Gasteiger partial charge in [-0.15, -0.1) is 0 Å². The van der Waals surface area contributed by atoms with E-state index in [-0.39, 0.29) is 3.98 Å². The van der Waals surface area contributed by atoms with Gasteiger partial charge < -0.3 is 4.18 Å². The molecule has 12 heavy (non-hydrogen) atoms. The van der Waals surface area contributed by atoms with E-state index < -0.39 is 0 Å². The van der Waals surface area contributed by atoms with E-state index in [0.717, 1.165) is 20.5 Å². The van der Waals surface area contributed by atoms with Crippen molar-refractivity contribution in [2.45, 2.75) is 4.90 Å². The second-order valence-electron chi connectivity index (χ2n) is 1.86. The van der Waals surface area contributed by atoms with Gasteiger partial charge in [-0.2, -0.15) is 0 Å². The number of hydrogen-bond donors (Lipinski definition) is 0. The Bertz CT molecular complexity index is 273. The summed E-state index contributed by atoms with van der Waals surface area (Å²) in [6.07, 6.45) is 0. The fraction of sp³-hybridized carbons (Fsp3) is 0. The first-order chi connectivity index (χ1) is 5.68. The fourth-order valence-corrected chi connectivity index (χ4v) is 1.61. The Morgan fingerprint density at radius 2 is 1.92 bits per heavy atom. The van der Waals surface area contributed by atoms with E-state index in [2.05, 4.69) is 22.6 Å². The zero-order chi connectivity index (χ0) is 8.97. The van der Waals surface area contributed by atoms with Crippen molar-refractivity contribution < 1.29 is 8.98 Å². The molecule has 1 aromatic rings. The largest absolute Gasteiger partial charge is 0.379 e. The van der Waals surface area contributed by atoms with Crippen LogP contribution in [0.3, 0.4) is 0 Å². The van der Waals surface area contributed by atoms with Gasteiger partial charge in [-0.25, -0.2) is 4.79 Å². The number of carbonyl (C=O) groups is 1. The monoisotopic (exact) mass is 406 g/mol. The Kier molecular flexibility index (Phi) is 4.65. The van der Waals surface area contributed by atoms with Gasteiger partial charge in [0.15, 0.2) is 0 Å². The number of rotatable bonds is 2. The van der Waals surface area contributed by atoms with E-state index in [1.807, 2.05) is 24.3 Å². The van der Waals surface area contributed by atoms with Crippen molar-refractivity contribution in [3.8, 4) is 0 Å². The van der Waals surface area contributed by atoms with Gasteiger partial charge in [0.05, 0.1) is 34.6 Å². The Morgan fingerprint density at radius 1 is 1.33 bits per heavy atom. The molecular formula is C7H4I2O2S. The quantitative estimate of drug-likeness (QED) is 0.424. The molecule has 0 amide bonds. The van der Waals surface area contributed by atoms with Crippen LogP contribution < -0.4 is 0 Å². The van der Waals surface area contributed by atoms with Crippen molar-refractivity contribution in [3.63, 3.8) is 0 Å². The minimum Gasteiger partial charge on any atom is -0.378 e. The first-order valence-corrected chi connectivity index (χ1v) is 5.88. The first-order valence-electron chi connectivity index (χ1n) is 2.98. The predicted octanol–water partition coefficient (Wildman–Crippen LogP) is 3.87. The Labute approximate surface area is 102 Å². The molecule has 64 valence electrons. The maximum absolute atomic E-state index is 10.4. The molecule has 0 saturated heterocycles. The molecule has 1 rings (SSSR count). The third-order valence-corrected chi connectivity index (χ3v) is 2.95. The van der Waals surface area contributed by atoms with Gasteiger partial charge in [0.2, 0.25) is 0 Å². The minimum absolute atomic E-state index is 0.309. The van der Waals surface area contributed by atoms with Crippen LogP contribution >= 0.6 is 57.2 Å². The second-order valence-corrected chi connectivity index (χ2v) is 4.79. The first kappa shape index (κ1) is 10.6. The molecule has 0 spiro atoms. The van der Waals surface area contributed by atoms with Crippen molar-refractivity contribution >= 4 is 61.2 Å². The van der Waals surface area contributed by atoms with E-state index in [1.54, 1.807) is 22.6 Å². The maximum Gasteiger partial charge on any atom is 0.379 e. The molecular weight excluding hydrogens is 402 g/mol. The normalized spacial score (nSPS) is 9.50. The molecule has 0 radical (unpaired) electrons. The van der Waals surface area contributed by atoms with Gasteiger partial charge in [0.1, 0.15) is 0 Å². The van der Waals surface area contributed by atoms with E-state index in [9.17, 15) is 4.79 Å². The summed E-state index contributed by atoms with van der Waals surface area (Å²) in [6, 6.07) is 7.74. The highest BCUT2D eigenvalue weighted by atomic mass is 127. The summed E-state index contributed by atoms with van der Waals surface area (Å²) in [6.45, 7) is 0. The SMILES string of the molecule is O=C(I)OSc1ccc(I)cc1. The minimum atomic E-state index is -0.309. The van der Waals surface area contributed by atoms with Crippen LogP contribution in [0, 0.1) is 3.57 Å². The molecule has 0 fully saturated rings. The van der Waals surface area contributed by atoms with E-state index >= 15 is 0 Å². The van der Waals surface area contributed by atoms with Crippen molar-refractivity contribution in [1.82, 2.24) is 0 Å². The lowest BCUT2D eigenvalue weighted by atomic mass is 10.4. The van der Waals surface area contributed by atoms with Gasteiger partial charge in [-0.05, 0) is 46.9 Å². The van der Waals surface area contributed by atoms with Crippen LogP contribution in [0.4, 0.5) is 4.79 Å². The van der Waals surface area contributed by atoms with E-state index in [4.69, 9.17) is 4.18 Å². The number of carbonyl (C=O) groups excluding carboxylic acids is 1. The Balaban J connectivity index is 2.53. The van der Waals surface area contributed by atoms with Crippen LogP contribution in [0.25, 0.3) is 0 Å². The zero-order valence-electron chi connectivity index (χ0n) is 5.79. The highest BCUT2D eigenvalue weighted by Crippen LogP contribution is 2.21. The molecule has 5 heteroatoms. The lowest BCUT2D eigenvalue weighted by Gasteiger charge is -1.97. The Morgan fingerprint density at radius 3 is 2.42 bits per heavy atom. The summed E-state index contributed by atoms with van der Waals surface area (Å²) in [4.78, 5) is 11.4. The fourth-order valence-electron chi connectivity index (χ4n) is 0.571. The summed E-state index contributed by atoms with van der Waals surface area (Å²) in [7, 11) is 0. The summed E-state index contributed by atoms with van der Waals surface area (Å²) in [5.41, 5.74) is 0. The smallest absolute Gasteiger partial charge is 0.378 e. The van der Waals surface area contributed by atoms with Crippen LogP contribution in [0.15, 0.2) is 29.2 Å². The molecule has 1 aromatic carbocycles. The van der Waals surface area contributed by atoms with Gasteiger partial charge in [-0.3, -0.25) is 0 Å². The number of hydrogen-bond acceptors (Lipinski definition) is 3. The second kappa shape index (κ2) is 5.28. The Hall–Kier alpha value is 0.500. The van der Waals surface area contributed by atoms with Gasteiger partial charge >= 0.3 is 3.98 Å². The molecule has 0 saturated carbocycles. The molecule has 0 aliphatic rings. The summed E-state index contributed by atoms with van der Waals surface area (Å²) >= 11 is 4.89. The molecule has 0 aliphatic heterocycles. The molecule has 0 N–H and O–H groups in total. The van der Waals surface area contributed by atoms with Crippen LogP contribution in [0.2, 0.25) is 0 Å². The third-order valence-electron chi connectivity index (χ3n) is 1.02. The highest BCUT2D eigenvalue weighted by molar-refractivity contribution is 14.1. The van der Waals surface area contributed by atoms with E-state index in [1.165, 1.54) is 0 Å². The number of halogens is 2. The average molecular weight is 406 g/mol. The summed E-state index contributed by atoms with van der Waals surface area (Å²) in [5.74, 6) is 0. The number of benzene rings is 1. The van der Waals surface area contributed by atoms with Crippen molar-refractivity contribution in [3.05, 3.63) is 27.8 Å². The van der Waals surface area contributed by atoms with Crippen LogP contribution in [-0.4, -0.2) is 3.98 Å². The van der Waals surface area contributed by atoms with Crippen LogP contribution in [-0.2, 0) is 4.18 Å². The third kappa shape index (κ3) is 3.94. The van der Waals surface area contributed by atoms with Crippen molar-refractivity contribution in [1.29, 1.82) is 0 Å². The van der Waals surface area contributed by atoms with Crippen molar-refractivity contribution in [2.24, 2.45) is 0 Å². The lowest BCUT2D eigenvalue weighted by molar-refractivity contribution is 0.237. The maximum atomic E-state index is 10.4. The molecule has 0 aliphatic carbocycles. The summed E-state index contributed by atoms with van der Waals surface area (Å²) in [5, 5.41) is 0. The zero-order valence-corrected chi connectivity index (χ0v) is 10.9. The molecule has 0 atom stereocenters. The van der Waals surface area contributed by atoms with Crippen LogP contribution in [0.5, 0.6) is 0 Å². The molecule has 0 bridgehead atoms. The molecule has 0 aromatic heterocycles. The van der Waals surface area contributed by atoms with Gasteiger partial charge in [-0.1, -0.05) is 0 Å². The predicted molar refractivity (Wildman–Crippen MR) is 65.5 cm³/mol. The highest BCUT2D eigenvalue weighted by Gasteiger charge is 1.98. The molecule has 0 unspecified atom stereocenters. The van der Waals surface area contributed by atoms with Gasteiger partial charge in [0, 0.05) is 8.47 Å². The molecule has 0 heterocycles. The van der Waals surface area contributed by atoms with Crippen molar-refractivity contribution in [2.75, 3.05) is 0 Å². The molecule has 2 nitrogen and oxygen atoms in total. The van der Waals surface area contributed by atoms with Crippen LogP contribution in [0.1, 0.15) is 0 Å². The summed E-state index contributed by atoms with van der Waals surface area (Å²) < 4.78 is 5.59. The van der Waals surface area contributed by atoms with Gasteiger partial charge in [0.25, 0.3) is 0 Å².